The van der Waals surface area contributed by atoms with Crippen molar-refractivity contribution in [1.82, 2.24) is 14.6 Å². The van der Waals surface area contributed by atoms with Crippen LogP contribution in [0, 0.1) is 0 Å². The number of hydrogen-bond acceptors (Lipinski definition) is 4. The van der Waals surface area contributed by atoms with E-state index < -0.39 is 18.0 Å². The van der Waals surface area contributed by atoms with Crippen LogP contribution in [0.4, 0.5) is 19.0 Å². The van der Waals surface area contributed by atoms with E-state index in [1.54, 1.807) is 0 Å². The van der Waals surface area contributed by atoms with Gasteiger partial charge in [-0.15, -0.1) is 0 Å². The predicted octanol–water partition coefficient (Wildman–Crippen LogP) is 2.32. The van der Waals surface area contributed by atoms with Gasteiger partial charge in [0.2, 0.25) is 0 Å². The van der Waals surface area contributed by atoms with Gasteiger partial charge in [0.15, 0.2) is 11.5 Å². The Morgan fingerprint density at radius 3 is 2.85 bits per heavy atom. The Morgan fingerprint density at radius 2 is 2.20 bits per heavy atom. The van der Waals surface area contributed by atoms with E-state index in [0.29, 0.717) is 6.42 Å². The van der Waals surface area contributed by atoms with Crippen LogP contribution in [0.3, 0.4) is 0 Å². The fraction of sp³-hybridized carbons (Fsp3) is 0.500. The van der Waals surface area contributed by atoms with Crippen LogP contribution in [-0.4, -0.2) is 32.4 Å². The number of rotatable bonds is 5. The molecular formula is C12H15F3N4O. The Labute approximate surface area is 113 Å². The molecule has 110 valence electrons. The summed E-state index contributed by atoms with van der Waals surface area (Å²) in [5.41, 5.74) is -0.744. The highest BCUT2D eigenvalue weighted by atomic mass is 19.4. The Hall–Kier alpha value is -1.83. The maximum atomic E-state index is 12.6. The first kappa shape index (κ1) is 14.6. The summed E-state index contributed by atoms with van der Waals surface area (Å²) < 4.78 is 39.0. The number of anilines is 1. The van der Waals surface area contributed by atoms with Gasteiger partial charge in [0.25, 0.3) is 0 Å². The van der Waals surface area contributed by atoms with Gasteiger partial charge in [-0.05, 0) is 6.42 Å². The molecular weight excluding hydrogens is 273 g/mol. The first-order chi connectivity index (χ1) is 9.41. The second-order valence-corrected chi connectivity index (χ2v) is 4.46. The van der Waals surface area contributed by atoms with Crippen molar-refractivity contribution in [2.75, 3.05) is 11.9 Å². The van der Waals surface area contributed by atoms with Gasteiger partial charge in [-0.2, -0.15) is 18.3 Å². The summed E-state index contributed by atoms with van der Waals surface area (Å²) in [6, 6.07) is 0.932. The first-order valence-electron chi connectivity index (χ1n) is 6.25. The molecule has 1 atom stereocenters. The second kappa shape index (κ2) is 5.66. The van der Waals surface area contributed by atoms with Crippen molar-refractivity contribution in [1.29, 1.82) is 0 Å². The van der Waals surface area contributed by atoms with E-state index in [-0.39, 0.29) is 17.9 Å². The number of alkyl halides is 3. The van der Waals surface area contributed by atoms with Crippen molar-refractivity contribution < 1.29 is 18.3 Å². The van der Waals surface area contributed by atoms with E-state index in [1.807, 2.05) is 6.92 Å². The normalized spacial score (nSPS) is 13.7. The molecule has 20 heavy (non-hydrogen) atoms. The molecule has 0 fully saturated rings. The quantitative estimate of drug-likeness (QED) is 0.886. The third-order valence-corrected chi connectivity index (χ3v) is 2.81. The van der Waals surface area contributed by atoms with Gasteiger partial charge in [-0.3, -0.25) is 0 Å². The van der Waals surface area contributed by atoms with E-state index in [4.69, 9.17) is 0 Å². The molecule has 1 unspecified atom stereocenters. The molecule has 2 rings (SSSR count). The number of aliphatic hydroxyl groups is 1. The molecule has 2 N–H and O–H groups in total. The summed E-state index contributed by atoms with van der Waals surface area (Å²) in [7, 11) is 0. The number of aliphatic hydroxyl groups excluding tert-OH is 1. The Balaban J connectivity index is 2.23. The molecule has 2 aromatic heterocycles. The predicted molar refractivity (Wildman–Crippen MR) is 67.4 cm³/mol. The minimum Gasteiger partial charge on any atom is -0.391 e. The standard InChI is InChI=1S/C12H15F3N4O/c1-2-3-8(20)7-17-11-9-6-10(12(13,14)15)18-19(9)5-4-16-11/h4-6,8,20H,2-3,7H2,1H3,(H,16,17). The smallest absolute Gasteiger partial charge is 0.391 e. The first-order valence-corrected chi connectivity index (χ1v) is 6.25. The number of fused-ring (bicyclic) bond motifs is 1. The molecule has 0 amide bonds. The van der Waals surface area contributed by atoms with Crippen LogP contribution >= 0.6 is 0 Å². The lowest BCUT2D eigenvalue weighted by molar-refractivity contribution is -0.141. The summed E-state index contributed by atoms with van der Waals surface area (Å²) in [6.07, 6.45) is -0.918. The molecule has 0 aliphatic rings. The summed E-state index contributed by atoms with van der Waals surface area (Å²) in [5, 5.41) is 15.9. The highest BCUT2D eigenvalue weighted by Crippen LogP contribution is 2.29. The molecule has 0 saturated carbocycles. The average molecular weight is 288 g/mol. The molecule has 0 bridgehead atoms. The minimum atomic E-state index is -4.50. The molecule has 0 aliphatic carbocycles. The van der Waals surface area contributed by atoms with Crippen molar-refractivity contribution >= 4 is 11.3 Å². The highest BCUT2D eigenvalue weighted by Gasteiger charge is 2.34. The van der Waals surface area contributed by atoms with Crippen molar-refractivity contribution in [3.63, 3.8) is 0 Å². The zero-order valence-corrected chi connectivity index (χ0v) is 10.9. The summed E-state index contributed by atoms with van der Waals surface area (Å²) >= 11 is 0. The maximum Gasteiger partial charge on any atom is 0.435 e. The van der Waals surface area contributed by atoms with Crippen LogP contribution in [0.1, 0.15) is 25.5 Å². The molecule has 8 heteroatoms. The lowest BCUT2D eigenvalue weighted by Crippen LogP contribution is -2.19. The van der Waals surface area contributed by atoms with Crippen LogP contribution in [-0.2, 0) is 6.18 Å². The second-order valence-electron chi connectivity index (χ2n) is 4.46. The molecule has 0 aromatic carbocycles. The van der Waals surface area contributed by atoms with Crippen molar-refractivity contribution in [2.24, 2.45) is 0 Å². The maximum absolute atomic E-state index is 12.6. The largest absolute Gasteiger partial charge is 0.435 e. The number of nitrogens with one attached hydrogen (secondary N) is 1. The Kier molecular flexibility index (Phi) is 4.12. The average Bonchev–Trinajstić information content (AvgIpc) is 2.81. The third-order valence-electron chi connectivity index (χ3n) is 2.81. The summed E-state index contributed by atoms with van der Waals surface area (Å²) in [5.74, 6) is 0.269. The highest BCUT2D eigenvalue weighted by molar-refractivity contribution is 5.67. The Morgan fingerprint density at radius 1 is 1.45 bits per heavy atom. The monoisotopic (exact) mass is 288 g/mol. The van der Waals surface area contributed by atoms with E-state index in [2.05, 4.69) is 15.4 Å². The molecule has 0 aliphatic heterocycles. The number of hydrogen-bond donors (Lipinski definition) is 2. The lowest BCUT2D eigenvalue weighted by Gasteiger charge is -2.11. The molecule has 5 nitrogen and oxygen atoms in total. The molecule has 0 spiro atoms. The number of halogens is 3. The van der Waals surface area contributed by atoms with Crippen molar-refractivity contribution in [3.8, 4) is 0 Å². The Bertz CT molecular complexity index is 582. The summed E-state index contributed by atoms with van der Waals surface area (Å²) in [6.45, 7) is 2.17. The van der Waals surface area contributed by atoms with Gasteiger partial charge in [-0.25, -0.2) is 9.50 Å². The topological polar surface area (TPSA) is 62.5 Å². The number of aromatic nitrogens is 3. The van der Waals surface area contributed by atoms with Gasteiger partial charge >= 0.3 is 6.18 Å². The molecule has 0 radical (unpaired) electrons. The zero-order chi connectivity index (χ0) is 14.8. The van der Waals surface area contributed by atoms with Crippen LogP contribution in [0.15, 0.2) is 18.5 Å². The fourth-order valence-electron chi connectivity index (χ4n) is 1.85. The van der Waals surface area contributed by atoms with Crippen LogP contribution in [0.5, 0.6) is 0 Å². The summed E-state index contributed by atoms with van der Waals surface area (Å²) in [4.78, 5) is 3.98. The van der Waals surface area contributed by atoms with E-state index in [9.17, 15) is 18.3 Å². The minimum absolute atomic E-state index is 0.225. The van der Waals surface area contributed by atoms with Gasteiger partial charge in [-0.1, -0.05) is 13.3 Å². The fourth-order valence-corrected chi connectivity index (χ4v) is 1.85. The van der Waals surface area contributed by atoms with Crippen molar-refractivity contribution in [3.05, 3.63) is 24.2 Å². The van der Waals surface area contributed by atoms with Gasteiger partial charge < -0.3 is 10.4 Å². The van der Waals surface area contributed by atoms with Gasteiger partial charge in [0.1, 0.15) is 5.52 Å². The van der Waals surface area contributed by atoms with Gasteiger partial charge in [0, 0.05) is 25.0 Å². The third kappa shape index (κ3) is 3.19. The van der Waals surface area contributed by atoms with E-state index in [1.165, 1.54) is 12.4 Å². The molecule has 2 aromatic rings. The zero-order valence-electron chi connectivity index (χ0n) is 10.9. The van der Waals surface area contributed by atoms with Crippen LogP contribution in [0.25, 0.3) is 5.52 Å². The van der Waals surface area contributed by atoms with E-state index in [0.717, 1.165) is 17.0 Å². The van der Waals surface area contributed by atoms with Crippen molar-refractivity contribution in [2.45, 2.75) is 32.0 Å². The lowest BCUT2D eigenvalue weighted by atomic mass is 10.2. The SMILES string of the molecule is CCCC(O)CNc1nccn2nc(C(F)(F)F)cc12. The van der Waals surface area contributed by atoms with Crippen LogP contribution in [0.2, 0.25) is 0 Å². The van der Waals surface area contributed by atoms with Gasteiger partial charge in [0.05, 0.1) is 6.10 Å². The molecule has 2 heterocycles. The number of nitrogens with zero attached hydrogens (tertiary/aromatic N) is 3. The van der Waals surface area contributed by atoms with E-state index >= 15 is 0 Å². The van der Waals surface area contributed by atoms with Crippen LogP contribution < -0.4 is 5.32 Å². The molecule has 0 saturated heterocycles.